The fourth-order valence-electron chi connectivity index (χ4n) is 11.2. The topological polar surface area (TPSA) is 237 Å². The van der Waals surface area contributed by atoms with Gasteiger partial charge in [-0.2, -0.15) is 0 Å². The SMILES string of the molecule is CC/C=C\C/C=C\C/C=C\C/C=C\CCCCCCCCC(=O)OCC(COP(=O)(O)OCC(O)COP(=O)(O)OCC(COC(=O)CCCCCCCC/C=C\C/C=C\C/C=C\CCCCC)OC(=O)CCCCCCCCCCCCCCC)OC(=O)CCCCCC/C=C\C/C=C\C/C=C\C/C=C\CC. The first-order valence-corrected chi connectivity index (χ1v) is 45.4. The molecule has 0 aliphatic heterocycles. The van der Waals surface area contributed by atoms with Crippen LogP contribution in [-0.4, -0.2) is 96.7 Å². The van der Waals surface area contributed by atoms with Crippen molar-refractivity contribution >= 4 is 39.5 Å². The Labute approximate surface area is 656 Å². The van der Waals surface area contributed by atoms with Crippen LogP contribution in [0.4, 0.5) is 0 Å². The van der Waals surface area contributed by atoms with Gasteiger partial charge in [-0.3, -0.25) is 37.3 Å². The van der Waals surface area contributed by atoms with E-state index in [1.807, 2.05) is 0 Å². The summed E-state index contributed by atoms with van der Waals surface area (Å²) in [6.07, 6.45) is 91.2. The molecule has 0 spiro atoms. The molecule has 5 atom stereocenters. The van der Waals surface area contributed by atoms with Gasteiger partial charge in [-0.25, -0.2) is 9.13 Å². The van der Waals surface area contributed by atoms with Crippen LogP contribution >= 0.6 is 15.6 Å². The second-order valence-corrected chi connectivity index (χ2v) is 30.9. The number of allylic oxidation sites excluding steroid dienone is 22. The maximum absolute atomic E-state index is 13.1. The van der Waals surface area contributed by atoms with E-state index < -0.39 is 97.5 Å². The number of carbonyl (C=O) groups is 4. The Morgan fingerprint density at radius 2 is 0.481 bits per heavy atom. The summed E-state index contributed by atoms with van der Waals surface area (Å²) >= 11 is 0. The van der Waals surface area contributed by atoms with Crippen molar-refractivity contribution in [3.63, 3.8) is 0 Å². The number of aliphatic hydroxyl groups excluding tert-OH is 1. The lowest BCUT2D eigenvalue weighted by Crippen LogP contribution is -2.30. The molecule has 3 N–H and O–H groups in total. The number of hydrogen-bond acceptors (Lipinski definition) is 15. The van der Waals surface area contributed by atoms with Crippen LogP contribution in [0.25, 0.3) is 0 Å². The summed E-state index contributed by atoms with van der Waals surface area (Å²) in [4.78, 5) is 73.2. The van der Waals surface area contributed by atoms with Crippen molar-refractivity contribution in [3.05, 3.63) is 134 Å². The summed E-state index contributed by atoms with van der Waals surface area (Å²) in [7, 11) is -9.98. The van der Waals surface area contributed by atoms with Gasteiger partial charge in [0, 0.05) is 25.7 Å². The first-order valence-electron chi connectivity index (χ1n) is 42.4. The quantitative estimate of drug-likeness (QED) is 0.0169. The third-order valence-corrected chi connectivity index (χ3v) is 19.5. The van der Waals surface area contributed by atoms with Crippen molar-refractivity contribution < 1.29 is 80.2 Å². The summed E-state index contributed by atoms with van der Waals surface area (Å²) in [5.41, 5.74) is 0. The number of hydrogen-bond donors (Lipinski definition) is 3. The van der Waals surface area contributed by atoms with Crippen molar-refractivity contribution in [1.82, 2.24) is 0 Å². The van der Waals surface area contributed by atoms with Crippen molar-refractivity contribution in [3.8, 4) is 0 Å². The van der Waals surface area contributed by atoms with Crippen molar-refractivity contribution in [1.29, 1.82) is 0 Å². The van der Waals surface area contributed by atoms with Gasteiger partial charge in [-0.05, 0) is 141 Å². The normalized spacial score (nSPS) is 14.5. The minimum Gasteiger partial charge on any atom is -0.462 e. The molecule has 108 heavy (non-hydrogen) atoms. The molecule has 0 aliphatic rings. The van der Waals surface area contributed by atoms with E-state index in [9.17, 15) is 43.2 Å². The summed E-state index contributed by atoms with van der Waals surface area (Å²) < 4.78 is 68.8. The Bertz CT molecular complexity index is 2560. The smallest absolute Gasteiger partial charge is 0.462 e. The van der Waals surface area contributed by atoms with Crippen molar-refractivity contribution in [2.75, 3.05) is 39.6 Å². The van der Waals surface area contributed by atoms with Crippen LogP contribution in [0, 0.1) is 0 Å². The van der Waals surface area contributed by atoms with E-state index in [0.29, 0.717) is 25.7 Å². The number of phosphoric acid groups is 2. The Morgan fingerprint density at radius 3 is 0.759 bits per heavy atom. The van der Waals surface area contributed by atoms with Gasteiger partial charge in [0.1, 0.15) is 19.3 Å². The molecule has 0 aromatic heterocycles. The molecule has 0 aromatic carbocycles. The lowest BCUT2D eigenvalue weighted by molar-refractivity contribution is -0.161. The molecule has 5 unspecified atom stereocenters. The molecule has 0 saturated carbocycles. The molecule has 17 nitrogen and oxygen atoms in total. The molecule has 0 heterocycles. The lowest BCUT2D eigenvalue weighted by Gasteiger charge is -2.21. The Kier molecular flexibility index (Phi) is 76.7. The summed E-state index contributed by atoms with van der Waals surface area (Å²) in [5.74, 6) is -2.22. The molecule has 19 heteroatoms. The molecule has 0 aromatic rings. The molecule has 0 bridgehead atoms. The molecule has 0 aliphatic carbocycles. The van der Waals surface area contributed by atoms with Gasteiger partial charge in [0.05, 0.1) is 26.4 Å². The first-order chi connectivity index (χ1) is 52.7. The second-order valence-electron chi connectivity index (χ2n) is 28.0. The van der Waals surface area contributed by atoms with E-state index in [0.717, 1.165) is 199 Å². The summed E-state index contributed by atoms with van der Waals surface area (Å²) in [5, 5.41) is 10.7. The largest absolute Gasteiger partial charge is 0.472 e. The van der Waals surface area contributed by atoms with E-state index in [-0.39, 0.29) is 25.7 Å². The van der Waals surface area contributed by atoms with E-state index in [1.54, 1.807) is 0 Å². The van der Waals surface area contributed by atoms with Crippen LogP contribution in [0.15, 0.2) is 134 Å². The summed E-state index contributed by atoms with van der Waals surface area (Å²) in [6, 6.07) is 0. The second kappa shape index (κ2) is 80.3. The molecular formula is C89H152O17P2. The standard InChI is InChI=1S/C89H152O17P2/c1-5-9-13-17-21-25-29-33-36-39-41-44-46-50-53-57-61-65-69-73-86(91)99-79-84(105-88(93)75-71-67-63-59-55-49-32-28-24-20-16-12-8-4)81-103-107(95,96)101-77-83(90)78-102-108(97,98)104-82-85(106-89(94)76-72-68-64-60-56-52-48-43-38-35-31-27-23-19-15-11-7-3)80-100-87(92)74-70-66-62-58-54-51-47-45-42-40-37-34-30-26-22-18-14-10-6-2/h10-11,14-15,21-23,25-27,33-38,41-42,44-45,48,52,83-85,90H,5-9,12-13,16-20,24,28-32,39-40,43,46-47,49-51,53-82H2,1-4H3,(H,95,96)(H,97,98)/b14-10-,15-11-,25-21-,26-22-,27-23-,36-33-,37-34-,38-35-,44-41-,45-42-,52-48-. The molecule has 0 fully saturated rings. The molecule has 0 rings (SSSR count). The Hall–Kier alpha value is -4.80. The molecule has 0 saturated heterocycles. The number of carbonyl (C=O) groups excluding carboxylic acids is 4. The summed E-state index contributed by atoms with van der Waals surface area (Å²) in [6.45, 7) is 4.61. The molecule has 620 valence electrons. The highest BCUT2D eigenvalue weighted by molar-refractivity contribution is 7.47. The van der Waals surface area contributed by atoms with E-state index in [1.165, 1.54) is 70.6 Å². The van der Waals surface area contributed by atoms with Crippen LogP contribution < -0.4 is 0 Å². The highest BCUT2D eigenvalue weighted by Gasteiger charge is 2.30. The van der Waals surface area contributed by atoms with E-state index >= 15 is 0 Å². The highest BCUT2D eigenvalue weighted by Crippen LogP contribution is 2.45. The fourth-order valence-corrected chi connectivity index (χ4v) is 12.8. The number of unbranched alkanes of at least 4 members (excludes halogenated alkanes) is 31. The zero-order chi connectivity index (χ0) is 78.9. The lowest BCUT2D eigenvalue weighted by atomic mass is 10.0. The van der Waals surface area contributed by atoms with Crippen molar-refractivity contribution in [2.24, 2.45) is 0 Å². The third kappa shape index (κ3) is 79.3. The third-order valence-electron chi connectivity index (χ3n) is 17.6. The maximum Gasteiger partial charge on any atom is 0.472 e. The minimum atomic E-state index is -4.99. The maximum atomic E-state index is 13.1. The zero-order valence-electron chi connectivity index (χ0n) is 68.0. The number of ether oxygens (including phenoxy) is 4. The highest BCUT2D eigenvalue weighted by atomic mass is 31.2. The van der Waals surface area contributed by atoms with Gasteiger partial charge in [0.2, 0.25) is 0 Å². The Morgan fingerprint density at radius 1 is 0.269 bits per heavy atom. The van der Waals surface area contributed by atoms with Crippen LogP contribution in [0.5, 0.6) is 0 Å². The molecule has 0 amide bonds. The predicted octanol–water partition coefficient (Wildman–Crippen LogP) is 25.2. The van der Waals surface area contributed by atoms with Gasteiger partial charge < -0.3 is 33.8 Å². The average molecular weight is 1560 g/mol. The fraction of sp³-hybridized carbons (Fsp3) is 0.708. The zero-order valence-corrected chi connectivity index (χ0v) is 69.8. The van der Waals surface area contributed by atoms with Gasteiger partial charge in [-0.15, -0.1) is 0 Å². The van der Waals surface area contributed by atoms with E-state index in [4.69, 9.17) is 37.0 Å². The minimum absolute atomic E-state index is 0.0607. The Balaban J connectivity index is 5.39. The molecule has 0 radical (unpaired) electrons. The van der Waals surface area contributed by atoms with Crippen LogP contribution in [0.2, 0.25) is 0 Å². The van der Waals surface area contributed by atoms with Crippen LogP contribution in [0.3, 0.4) is 0 Å². The number of rotatable bonds is 79. The van der Waals surface area contributed by atoms with Crippen LogP contribution in [-0.2, 0) is 65.4 Å². The monoisotopic (exact) mass is 1560 g/mol. The van der Waals surface area contributed by atoms with Gasteiger partial charge in [0.25, 0.3) is 0 Å². The number of esters is 4. The van der Waals surface area contributed by atoms with Crippen molar-refractivity contribution in [2.45, 2.75) is 367 Å². The van der Waals surface area contributed by atoms with Gasteiger partial charge >= 0.3 is 39.5 Å². The van der Waals surface area contributed by atoms with E-state index in [2.05, 4.69) is 161 Å². The van der Waals surface area contributed by atoms with Crippen LogP contribution in [0.1, 0.15) is 349 Å². The molecular weight excluding hydrogens is 1400 g/mol. The average Bonchev–Trinajstić information content (AvgIpc) is 0.886. The number of aliphatic hydroxyl groups is 1. The number of phosphoric ester groups is 2. The van der Waals surface area contributed by atoms with Gasteiger partial charge in [-0.1, -0.05) is 315 Å². The predicted molar refractivity (Wildman–Crippen MR) is 445 cm³/mol. The van der Waals surface area contributed by atoms with Gasteiger partial charge in [0.15, 0.2) is 12.2 Å². The first kappa shape index (κ1) is 103.